The summed E-state index contributed by atoms with van der Waals surface area (Å²) in [6.45, 7) is 4.55. The van der Waals surface area contributed by atoms with Crippen LogP contribution in [-0.4, -0.2) is 73.4 Å². The summed E-state index contributed by atoms with van der Waals surface area (Å²) in [7, 11) is 0. The molecule has 0 radical (unpaired) electrons. The van der Waals surface area contributed by atoms with Gasteiger partial charge in [0.2, 0.25) is 0 Å². The summed E-state index contributed by atoms with van der Waals surface area (Å²) in [6.07, 6.45) is 0. The molecule has 2 aliphatic heterocycles. The molecule has 0 unspecified atom stereocenters. The van der Waals surface area contributed by atoms with Crippen molar-refractivity contribution in [3.63, 3.8) is 0 Å². The molecule has 1 aromatic rings. The van der Waals surface area contributed by atoms with Crippen molar-refractivity contribution in [3.8, 4) is 0 Å². The summed E-state index contributed by atoms with van der Waals surface area (Å²) < 4.78 is 19.1. The Morgan fingerprint density at radius 3 is 2.52 bits per heavy atom. The zero-order valence-electron chi connectivity index (χ0n) is 12.8. The zero-order chi connectivity index (χ0) is 16.4. The van der Waals surface area contributed by atoms with Crippen LogP contribution >= 0.6 is 11.6 Å². The van der Waals surface area contributed by atoms with Crippen molar-refractivity contribution in [2.45, 2.75) is 0 Å². The predicted molar refractivity (Wildman–Crippen MR) is 84.1 cm³/mol. The standard InChI is InChI=1S/C16H20ClFN2O3/c17-12-1-2-13(14(18)7-12)15(22)20-5-3-19(4-6-20)8-16(9-21)10-23-11-16/h1-2,7,21H,3-6,8-11H2. The van der Waals surface area contributed by atoms with Gasteiger partial charge in [0.1, 0.15) is 5.82 Å². The lowest BCUT2D eigenvalue weighted by atomic mass is 9.86. The van der Waals surface area contributed by atoms with Crippen LogP contribution in [0.3, 0.4) is 0 Å². The van der Waals surface area contributed by atoms with E-state index in [4.69, 9.17) is 16.3 Å². The summed E-state index contributed by atoms with van der Waals surface area (Å²) >= 11 is 5.72. The van der Waals surface area contributed by atoms with Gasteiger partial charge in [-0.05, 0) is 18.2 Å². The Labute approximate surface area is 139 Å². The molecule has 7 heteroatoms. The molecular weight excluding hydrogens is 323 g/mol. The monoisotopic (exact) mass is 342 g/mol. The Hall–Kier alpha value is -1.21. The number of hydrogen-bond donors (Lipinski definition) is 1. The first-order valence-corrected chi connectivity index (χ1v) is 8.06. The molecule has 3 rings (SSSR count). The summed E-state index contributed by atoms with van der Waals surface area (Å²) in [5.74, 6) is -0.890. The van der Waals surface area contributed by atoms with Gasteiger partial charge in [0.25, 0.3) is 5.91 Å². The molecule has 0 spiro atoms. The summed E-state index contributed by atoms with van der Waals surface area (Å²) in [5.41, 5.74) is -0.101. The van der Waals surface area contributed by atoms with Crippen LogP contribution in [-0.2, 0) is 4.74 Å². The van der Waals surface area contributed by atoms with Gasteiger partial charge in [-0.2, -0.15) is 0 Å². The summed E-state index contributed by atoms with van der Waals surface area (Å²) in [5, 5.41) is 9.76. The highest BCUT2D eigenvalue weighted by atomic mass is 35.5. The maximum absolute atomic E-state index is 13.9. The van der Waals surface area contributed by atoms with E-state index in [1.807, 2.05) is 0 Å². The second-order valence-electron chi connectivity index (χ2n) is 6.34. The highest BCUT2D eigenvalue weighted by Gasteiger charge is 2.40. The van der Waals surface area contributed by atoms with Crippen molar-refractivity contribution in [1.29, 1.82) is 0 Å². The number of carbonyl (C=O) groups is 1. The normalized spacial score (nSPS) is 21.1. The topological polar surface area (TPSA) is 53.0 Å². The number of piperazine rings is 1. The lowest BCUT2D eigenvalue weighted by molar-refractivity contribution is -0.150. The van der Waals surface area contributed by atoms with Gasteiger partial charge in [0.05, 0.1) is 30.8 Å². The fourth-order valence-electron chi connectivity index (χ4n) is 3.04. The molecule has 0 saturated carbocycles. The van der Waals surface area contributed by atoms with Crippen molar-refractivity contribution < 1.29 is 19.0 Å². The average molecular weight is 343 g/mol. The van der Waals surface area contributed by atoms with Crippen LogP contribution in [0.2, 0.25) is 5.02 Å². The third kappa shape index (κ3) is 3.50. The Kier molecular flexibility index (Phi) is 4.87. The van der Waals surface area contributed by atoms with Crippen LogP contribution < -0.4 is 0 Å². The average Bonchev–Trinajstić information content (AvgIpc) is 2.51. The smallest absolute Gasteiger partial charge is 0.256 e. The number of ether oxygens (including phenoxy) is 1. The maximum Gasteiger partial charge on any atom is 0.256 e. The van der Waals surface area contributed by atoms with Gasteiger partial charge in [-0.3, -0.25) is 9.69 Å². The Bertz CT molecular complexity index is 581. The van der Waals surface area contributed by atoms with E-state index in [9.17, 15) is 14.3 Å². The Morgan fingerprint density at radius 1 is 1.30 bits per heavy atom. The van der Waals surface area contributed by atoms with E-state index in [2.05, 4.69) is 4.90 Å². The number of nitrogens with zero attached hydrogens (tertiary/aromatic N) is 2. The molecular formula is C16H20ClFN2O3. The van der Waals surface area contributed by atoms with Gasteiger partial charge in [0.15, 0.2) is 0 Å². The number of carbonyl (C=O) groups excluding carboxylic acids is 1. The number of aliphatic hydroxyl groups is 1. The van der Waals surface area contributed by atoms with Gasteiger partial charge in [-0.25, -0.2) is 4.39 Å². The van der Waals surface area contributed by atoms with E-state index in [1.165, 1.54) is 12.1 Å². The minimum absolute atomic E-state index is 0.0575. The van der Waals surface area contributed by atoms with Crippen molar-refractivity contribution in [3.05, 3.63) is 34.6 Å². The van der Waals surface area contributed by atoms with E-state index in [-0.39, 0.29) is 28.5 Å². The lowest BCUT2D eigenvalue weighted by Crippen LogP contribution is -2.57. The number of aliphatic hydroxyl groups excluding tert-OH is 1. The van der Waals surface area contributed by atoms with Crippen LogP contribution in [0.1, 0.15) is 10.4 Å². The molecule has 0 aliphatic carbocycles. The first-order chi connectivity index (χ1) is 11.0. The van der Waals surface area contributed by atoms with Crippen molar-refractivity contribution in [2.24, 2.45) is 5.41 Å². The molecule has 0 bridgehead atoms. The highest BCUT2D eigenvalue weighted by molar-refractivity contribution is 6.30. The predicted octanol–water partition coefficient (Wildman–Crippen LogP) is 1.25. The summed E-state index contributed by atoms with van der Waals surface area (Å²) in [6, 6.07) is 4.11. The number of benzene rings is 1. The summed E-state index contributed by atoms with van der Waals surface area (Å²) in [4.78, 5) is 16.3. The second kappa shape index (κ2) is 6.73. The van der Waals surface area contributed by atoms with Crippen LogP contribution in [0.15, 0.2) is 18.2 Å². The maximum atomic E-state index is 13.9. The minimum atomic E-state index is -0.587. The first kappa shape index (κ1) is 16.6. The van der Waals surface area contributed by atoms with Crippen molar-refractivity contribution in [2.75, 3.05) is 52.5 Å². The molecule has 1 amide bonds. The number of halogens is 2. The lowest BCUT2D eigenvalue weighted by Gasteiger charge is -2.45. The van der Waals surface area contributed by atoms with Crippen LogP contribution in [0.25, 0.3) is 0 Å². The Balaban J connectivity index is 1.57. The molecule has 126 valence electrons. The first-order valence-electron chi connectivity index (χ1n) is 7.68. The van der Waals surface area contributed by atoms with E-state index in [0.29, 0.717) is 39.4 Å². The molecule has 2 aliphatic rings. The minimum Gasteiger partial charge on any atom is -0.396 e. The largest absolute Gasteiger partial charge is 0.396 e. The van der Waals surface area contributed by atoms with Crippen molar-refractivity contribution >= 4 is 17.5 Å². The van der Waals surface area contributed by atoms with Gasteiger partial charge >= 0.3 is 0 Å². The third-order valence-electron chi connectivity index (χ3n) is 4.53. The third-order valence-corrected chi connectivity index (χ3v) is 4.77. The van der Waals surface area contributed by atoms with E-state index >= 15 is 0 Å². The zero-order valence-corrected chi connectivity index (χ0v) is 13.6. The molecule has 2 heterocycles. The van der Waals surface area contributed by atoms with Gasteiger partial charge < -0.3 is 14.7 Å². The molecule has 1 aromatic carbocycles. The van der Waals surface area contributed by atoms with Crippen molar-refractivity contribution in [1.82, 2.24) is 9.80 Å². The van der Waals surface area contributed by atoms with Crippen LogP contribution in [0.4, 0.5) is 4.39 Å². The molecule has 1 N–H and O–H groups in total. The van der Waals surface area contributed by atoms with E-state index in [1.54, 1.807) is 4.90 Å². The van der Waals surface area contributed by atoms with E-state index in [0.717, 1.165) is 12.6 Å². The molecule has 2 saturated heterocycles. The quantitative estimate of drug-likeness (QED) is 0.894. The van der Waals surface area contributed by atoms with E-state index < -0.39 is 5.82 Å². The number of hydrogen-bond acceptors (Lipinski definition) is 4. The van der Waals surface area contributed by atoms with Crippen LogP contribution in [0.5, 0.6) is 0 Å². The fourth-order valence-corrected chi connectivity index (χ4v) is 3.20. The number of rotatable bonds is 4. The van der Waals surface area contributed by atoms with Crippen LogP contribution in [0, 0.1) is 11.2 Å². The SMILES string of the molecule is O=C(c1ccc(Cl)cc1F)N1CCN(CC2(CO)COC2)CC1. The molecule has 5 nitrogen and oxygen atoms in total. The molecule has 23 heavy (non-hydrogen) atoms. The number of amides is 1. The van der Waals surface area contributed by atoms with Gasteiger partial charge in [-0.1, -0.05) is 11.6 Å². The molecule has 2 fully saturated rings. The van der Waals surface area contributed by atoms with Gasteiger partial charge in [0, 0.05) is 37.7 Å². The van der Waals surface area contributed by atoms with Gasteiger partial charge in [-0.15, -0.1) is 0 Å². The molecule has 0 aromatic heterocycles. The molecule has 0 atom stereocenters. The Morgan fingerprint density at radius 2 is 2.00 bits per heavy atom. The second-order valence-corrected chi connectivity index (χ2v) is 6.78. The highest BCUT2D eigenvalue weighted by Crippen LogP contribution is 2.28. The fraction of sp³-hybridized carbons (Fsp3) is 0.562.